The van der Waals surface area contributed by atoms with Crippen LogP contribution in [0.15, 0.2) is 30.5 Å². The van der Waals surface area contributed by atoms with E-state index in [2.05, 4.69) is 17.2 Å². The van der Waals surface area contributed by atoms with E-state index in [4.69, 9.17) is 9.47 Å². The van der Waals surface area contributed by atoms with Crippen molar-refractivity contribution in [3.05, 3.63) is 41.6 Å². The highest BCUT2D eigenvalue weighted by atomic mass is 16.5. The molecule has 0 aromatic heterocycles. The molecule has 1 aromatic rings. The first-order chi connectivity index (χ1) is 17.0. The highest BCUT2D eigenvalue weighted by Crippen LogP contribution is 2.49. The Balaban J connectivity index is 1.09. The number of fused-ring (bicyclic) bond motifs is 1. The third-order valence-corrected chi connectivity index (χ3v) is 8.96. The summed E-state index contributed by atoms with van der Waals surface area (Å²) in [5.74, 6) is 0.630. The number of piperidine rings is 1. The fourth-order valence-electron chi connectivity index (χ4n) is 6.93. The van der Waals surface area contributed by atoms with Crippen molar-refractivity contribution in [1.29, 1.82) is 0 Å². The number of nitrogens with zero attached hydrogens (tertiary/aromatic N) is 1. The van der Waals surface area contributed by atoms with Crippen LogP contribution in [0.1, 0.15) is 80.1 Å². The predicted octanol–water partition coefficient (Wildman–Crippen LogP) is 3.67. The van der Waals surface area contributed by atoms with Gasteiger partial charge in [-0.15, -0.1) is 0 Å². The van der Waals surface area contributed by atoms with E-state index in [1.165, 1.54) is 38.5 Å². The summed E-state index contributed by atoms with van der Waals surface area (Å²) in [7, 11) is 0. The summed E-state index contributed by atoms with van der Waals surface area (Å²) >= 11 is 0. The number of carbonyl (C=O) groups excluding carboxylic acids is 2. The highest BCUT2D eigenvalue weighted by molar-refractivity contribution is 6.01. The Hall–Kier alpha value is -2.38. The Morgan fingerprint density at radius 3 is 2.71 bits per heavy atom. The molecule has 6 rings (SSSR count). The van der Waals surface area contributed by atoms with Crippen LogP contribution >= 0.6 is 0 Å². The predicted molar refractivity (Wildman–Crippen MR) is 132 cm³/mol. The van der Waals surface area contributed by atoms with Gasteiger partial charge in [0.05, 0.1) is 0 Å². The topological polar surface area (TPSA) is 79.9 Å². The summed E-state index contributed by atoms with van der Waals surface area (Å²) in [6.45, 7) is 6.13. The Morgan fingerprint density at radius 2 is 1.91 bits per heavy atom. The van der Waals surface area contributed by atoms with Crippen molar-refractivity contribution in [2.24, 2.45) is 5.41 Å². The number of carbonyl (C=O) groups is 2. The lowest BCUT2D eigenvalue weighted by Crippen LogP contribution is -2.57. The summed E-state index contributed by atoms with van der Waals surface area (Å²) in [4.78, 5) is 27.2. The molecule has 3 aliphatic heterocycles. The smallest absolute Gasteiger partial charge is 0.255 e. The summed E-state index contributed by atoms with van der Waals surface area (Å²) in [5, 5.41) is 6.74. The summed E-state index contributed by atoms with van der Waals surface area (Å²) in [6.07, 6.45) is 11.0. The number of allylic oxidation sites excluding steroid dienone is 1. The molecule has 3 heterocycles. The number of amides is 2. The van der Waals surface area contributed by atoms with Gasteiger partial charge < -0.3 is 25.0 Å². The van der Waals surface area contributed by atoms with Gasteiger partial charge in [-0.05, 0) is 87.0 Å². The summed E-state index contributed by atoms with van der Waals surface area (Å²) < 4.78 is 12.1. The van der Waals surface area contributed by atoms with E-state index in [1.54, 1.807) is 4.90 Å². The first-order valence-electron chi connectivity index (χ1n) is 13.4. The van der Waals surface area contributed by atoms with Crippen LogP contribution < -0.4 is 15.4 Å². The maximum absolute atomic E-state index is 13.0. The zero-order valence-electron chi connectivity index (χ0n) is 20.5. The number of hydrogen-bond acceptors (Lipinski definition) is 5. The van der Waals surface area contributed by atoms with Crippen molar-refractivity contribution >= 4 is 11.8 Å². The number of hydrogen-bond donors (Lipinski definition) is 2. The van der Waals surface area contributed by atoms with Gasteiger partial charge in [-0.2, -0.15) is 0 Å². The molecule has 2 amide bonds. The molecule has 4 fully saturated rings. The monoisotopic (exact) mass is 479 g/mol. The molecule has 5 aliphatic rings. The molecule has 2 saturated heterocycles. The Morgan fingerprint density at radius 1 is 1.11 bits per heavy atom. The third-order valence-electron chi connectivity index (χ3n) is 8.96. The minimum Gasteiger partial charge on any atom is -0.489 e. The molecule has 188 valence electrons. The van der Waals surface area contributed by atoms with Crippen molar-refractivity contribution in [3.8, 4) is 5.75 Å². The number of benzene rings is 1. The minimum absolute atomic E-state index is 0.0663. The molecule has 35 heavy (non-hydrogen) atoms. The highest BCUT2D eigenvalue weighted by Gasteiger charge is 2.46. The molecule has 7 nitrogen and oxygen atoms in total. The van der Waals surface area contributed by atoms with Gasteiger partial charge in [-0.1, -0.05) is 13.0 Å². The van der Waals surface area contributed by atoms with E-state index in [-0.39, 0.29) is 17.9 Å². The van der Waals surface area contributed by atoms with Crippen LogP contribution in [0.25, 0.3) is 0 Å². The van der Waals surface area contributed by atoms with E-state index in [0.717, 1.165) is 43.1 Å². The molecule has 7 heteroatoms. The molecular formula is C28H37N3O4. The third kappa shape index (κ3) is 4.49. The Kier molecular flexibility index (Phi) is 6.09. The van der Waals surface area contributed by atoms with E-state index in [0.29, 0.717) is 42.4 Å². The lowest BCUT2D eigenvalue weighted by atomic mass is 9.61. The molecule has 2 aliphatic carbocycles. The first kappa shape index (κ1) is 23.0. The maximum Gasteiger partial charge on any atom is 0.255 e. The molecule has 1 unspecified atom stereocenters. The number of ether oxygens (including phenoxy) is 2. The number of rotatable bonds is 5. The molecule has 3 atom stereocenters. The van der Waals surface area contributed by atoms with Crippen LogP contribution in [0, 0.1) is 5.41 Å². The average Bonchev–Trinajstić information content (AvgIpc) is 3.15. The summed E-state index contributed by atoms with van der Waals surface area (Å²) in [5.41, 5.74) is 2.88. The van der Waals surface area contributed by atoms with Gasteiger partial charge >= 0.3 is 0 Å². The Labute approximate surface area is 207 Å². The van der Waals surface area contributed by atoms with E-state index in [9.17, 15) is 9.59 Å². The van der Waals surface area contributed by atoms with Crippen LogP contribution in [-0.2, 0) is 16.1 Å². The van der Waals surface area contributed by atoms with Crippen molar-refractivity contribution in [3.63, 3.8) is 0 Å². The standard InChI is InChI=1S/C28H37N3O4/c1-18-6-9-24(26(32)29-18)31-17-19-14-21(7-8-22(19)27(31)33)35-25-5-3-2-4-23(25)30-20-15-28(16-20)10-12-34-13-11-28/h7-8,14,20,23-25,30H,1-6,9-13,15-17H2,(H,29,32)/t23-,24?,25-/m0/s1. The second kappa shape index (κ2) is 9.25. The zero-order valence-corrected chi connectivity index (χ0v) is 20.5. The quantitative estimate of drug-likeness (QED) is 0.674. The fourth-order valence-corrected chi connectivity index (χ4v) is 6.93. The van der Waals surface area contributed by atoms with Crippen molar-refractivity contribution in [2.75, 3.05) is 13.2 Å². The molecule has 2 saturated carbocycles. The van der Waals surface area contributed by atoms with Gasteiger partial charge in [0.25, 0.3) is 5.91 Å². The van der Waals surface area contributed by atoms with Crippen molar-refractivity contribution in [2.45, 2.75) is 95.0 Å². The zero-order chi connectivity index (χ0) is 24.0. The second-order valence-electron chi connectivity index (χ2n) is 11.3. The maximum atomic E-state index is 13.0. The van der Waals surface area contributed by atoms with Gasteiger partial charge in [0.2, 0.25) is 5.91 Å². The van der Waals surface area contributed by atoms with Crippen molar-refractivity contribution < 1.29 is 19.1 Å². The van der Waals surface area contributed by atoms with Crippen LogP contribution in [0.2, 0.25) is 0 Å². The van der Waals surface area contributed by atoms with Crippen LogP contribution in [0.4, 0.5) is 0 Å². The van der Waals surface area contributed by atoms with Gasteiger partial charge in [0.15, 0.2) is 0 Å². The van der Waals surface area contributed by atoms with Gasteiger partial charge in [-0.3, -0.25) is 9.59 Å². The van der Waals surface area contributed by atoms with Gasteiger partial charge in [0.1, 0.15) is 17.9 Å². The normalized spacial score (nSPS) is 30.7. The number of nitrogens with one attached hydrogen (secondary N) is 2. The SMILES string of the molecule is C=C1CCC(N2Cc3cc(O[C@H]4CCCC[C@@H]4NC4CC5(CCOCC5)C4)ccc3C2=O)C(=O)N1. The lowest BCUT2D eigenvalue weighted by Gasteiger charge is -2.52. The van der Waals surface area contributed by atoms with Crippen LogP contribution in [0.3, 0.4) is 0 Å². The molecule has 0 bridgehead atoms. The van der Waals surface area contributed by atoms with Gasteiger partial charge in [-0.25, -0.2) is 0 Å². The Bertz CT molecular complexity index is 1010. The van der Waals surface area contributed by atoms with Crippen molar-refractivity contribution in [1.82, 2.24) is 15.5 Å². The first-order valence-corrected chi connectivity index (χ1v) is 13.4. The molecule has 0 radical (unpaired) electrons. The molecule has 1 spiro atoms. The van der Waals surface area contributed by atoms with E-state index in [1.807, 2.05) is 18.2 Å². The summed E-state index contributed by atoms with van der Waals surface area (Å²) in [6, 6.07) is 6.34. The molecule has 2 N–H and O–H groups in total. The molecular weight excluding hydrogens is 442 g/mol. The molecule has 1 aromatic carbocycles. The van der Waals surface area contributed by atoms with E-state index < -0.39 is 6.04 Å². The van der Waals surface area contributed by atoms with Gasteiger partial charge in [0, 0.05) is 43.1 Å². The lowest BCUT2D eigenvalue weighted by molar-refractivity contribution is -0.126. The average molecular weight is 480 g/mol. The minimum atomic E-state index is -0.432. The van der Waals surface area contributed by atoms with E-state index >= 15 is 0 Å². The fraction of sp³-hybridized carbons (Fsp3) is 0.643. The van der Waals surface area contributed by atoms with Crippen LogP contribution in [0.5, 0.6) is 5.75 Å². The van der Waals surface area contributed by atoms with Crippen LogP contribution in [-0.4, -0.2) is 54.2 Å². The second-order valence-corrected chi connectivity index (χ2v) is 11.3. The largest absolute Gasteiger partial charge is 0.489 e.